The van der Waals surface area contributed by atoms with Crippen LogP contribution in [-0.2, 0) is 14.9 Å². The van der Waals surface area contributed by atoms with Gasteiger partial charge in [-0.05, 0) is 25.7 Å². The first kappa shape index (κ1) is 15.2. The van der Waals surface area contributed by atoms with Crippen molar-refractivity contribution in [2.24, 2.45) is 0 Å². The fraction of sp³-hybridized carbons (Fsp3) is 1.00. The van der Waals surface area contributed by atoms with Crippen LogP contribution in [0.2, 0.25) is 0 Å². The molecule has 0 bridgehead atoms. The second-order valence-corrected chi connectivity index (χ2v) is 7.25. The molecule has 2 heterocycles. The normalized spacial score (nSPS) is 27.8. The predicted octanol–water partition coefficient (Wildman–Crippen LogP) is 0.189. The third-order valence-corrected chi connectivity index (χ3v) is 6.25. The lowest BCUT2D eigenvalue weighted by atomic mass is 10.1. The number of aliphatic hydroxyl groups is 1. The van der Waals surface area contributed by atoms with Gasteiger partial charge in [-0.25, -0.2) is 0 Å². The van der Waals surface area contributed by atoms with Gasteiger partial charge in [-0.1, -0.05) is 6.42 Å². The molecule has 0 aliphatic carbocycles. The van der Waals surface area contributed by atoms with Crippen molar-refractivity contribution >= 4 is 10.2 Å². The van der Waals surface area contributed by atoms with Crippen LogP contribution in [0, 0.1) is 0 Å². The summed E-state index contributed by atoms with van der Waals surface area (Å²) < 4.78 is 33.5. The Labute approximate surface area is 115 Å². The van der Waals surface area contributed by atoms with E-state index in [1.54, 1.807) is 7.05 Å². The zero-order valence-electron chi connectivity index (χ0n) is 11.5. The molecule has 0 saturated carbocycles. The van der Waals surface area contributed by atoms with Crippen molar-refractivity contribution in [3.05, 3.63) is 0 Å². The van der Waals surface area contributed by atoms with Gasteiger partial charge in [0.1, 0.15) is 0 Å². The molecule has 2 fully saturated rings. The van der Waals surface area contributed by atoms with Gasteiger partial charge in [0.2, 0.25) is 0 Å². The molecule has 2 saturated heterocycles. The molecular weight excluding hydrogens is 268 g/mol. The fourth-order valence-corrected chi connectivity index (χ4v) is 4.69. The minimum Gasteiger partial charge on any atom is -0.395 e. The van der Waals surface area contributed by atoms with Crippen LogP contribution in [0.5, 0.6) is 0 Å². The Morgan fingerprint density at radius 1 is 1.26 bits per heavy atom. The highest BCUT2D eigenvalue weighted by Gasteiger charge is 2.37. The maximum absolute atomic E-state index is 12.7. The molecule has 0 radical (unpaired) electrons. The molecule has 19 heavy (non-hydrogen) atoms. The van der Waals surface area contributed by atoms with Gasteiger partial charge in [-0.15, -0.1) is 0 Å². The van der Waals surface area contributed by atoms with Crippen molar-refractivity contribution in [1.82, 2.24) is 8.61 Å². The molecule has 0 aromatic heterocycles. The van der Waals surface area contributed by atoms with Crippen LogP contribution in [0.15, 0.2) is 0 Å². The first-order valence-electron chi connectivity index (χ1n) is 7.00. The van der Waals surface area contributed by atoms with Crippen LogP contribution in [0.3, 0.4) is 0 Å². The molecule has 2 aliphatic rings. The summed E-state index contributed by atoms with van der Waals surface area (Å²) in [7, 11) is -1.82. The van der Waals surface area contributed by atoms with Gasteiger partial charge >= 0.3 is 0 Å². The molecular formula is C12H24N2O4S. The van der Waals surface area contributed by atoms with Crippen LogP contribution < -0.4 is 0 Å². The summed E-state index contributed by atoms with van der Waals surface area (Å²) in [5.74, 6) is 0. The van der Waals surface area contributed by atoms with Crippen LogP contribution in [0.4, 0.5) is 0 Å². The predicted molar refractivity (Wildman–Crippen MR) is 72.0 cm³/mol. The zero-order valence-corrected chi connectivity index (χ0v) is 12.3. The lowest BCUT2D eigenvalue weighted by molar-refractivity contribution is 0.0599. The van der Waals surface area contributed by atoms with Crippen LogP contribution in [-0.4, -0.2) is 67.6 Å². The summed E-state index contributed by atoms with van der Waals surface area (Å²) >= 11 is 0. The van der Waals surface area contributed by atoms with Crippen molar-refractivity contribution in [1.29, 1.82) is 0 Å². The second kappa shape index (κ2) is 6.49. The Kier molecular flexibility index (Phi) is 5.19. The van der Waals surface area contributed by atoms with Crippen LogP contribution >= 0.6 is 0 Å². The van der Waals surface area contributed by atoms with Gasteiger partial charge in [-0.3, -0.25) is 0 Å². The number of piperidine rings is 1. The average molecular weight is 292 g/mol. The Morgan fingerprint density at radius 3 is 2.58 bits per heavy atom. The molecule has 0 amide bonds. The standard InChI is InChI=1S/C12H24N2O4S/c1-13(11-5-8-18-9-6-11)19(16,17)14-7-3-2-4-12(14)10-15/h11-12,15H,2-10H2,1H3. The van der Waals surface area contributed by atoms with Crippen molar-refractivity contribution in [2.75, 3.05) is 33.4 Å². The highest BCUT2D eigenvalue weighted by Crippen LogP contribution is 2.25. The quantitative estimate of drug-likeness (QED) is 0.803. The molecule has 2 rings (SSSR count). The van der Waals surface area contributed by atoms with Gasteiger partial charge in [0, 0.05) is 38.9 Å². The highest BCUT2D eigenvalue weighted by molar-refractivity contribution is 7.86. The number of hydrogen-bond acceptors (Lipinski definition) is 4. The Balaban J connectivity index is 2.10. The van der Waals surface area contributed by atoms with Gasteiger partial charge in [-0.2, -0.15) is 17.0 Å². The summed E-state index contributed by atoms with van der Waals surface area (Å²) in [6.45, 7) is 1.66. The monoisotopic (exact) mass is 292 g/mol. The molecule has 1 atom stereocenters. The largest absolute Gasteiger partial charge is 0.395 e. The van der Waals surface area contributed by atoms with E-state index in [0.29, 0.717) is 19.8 Å². The van der Waals surface area contributed by atoms with E-state index >= 15 is 0 Å². The summed E-state index contributed by atoms with van der Waals surface area (Å²) in [5.41, 5.74) is 0. The Bertz CT molecular complexity index is 381. The van der Waals surface area contributed by atoms with Crippen molar-refractivity contribution in [3.63, 3.8) is 0 Å². The summed E-state index contributed by atoms with van der Waals surface area (Å²) in [5, 5.41) is 9.37. The Hall–Kier alpha value is -0.210. The van der Waals surface area contributed by atoms with Gasteiger partial charge in [0.15, 0.2) is 0 Å². The minimum atomic E-state index is -3.47. The lowest BCUT2D eigenvalue weighted by Gasteiger charge is -2.39. The van der Waals surface area contributed by atoms with E-state index in [0.717, 1.165) is 32.1 Å². The smallest absolute Gasteiger partial charge is 0.282 e. The molecule has 0 aromatic carbocycles. The maximum atomic E-state index is 12.7. The van der Waals surface area contributed by atoms with E-state index in [1.807, 2.05) is 0 Å². The molecule has 0 aromatic rings. The summed E-state index contributed by atoms with van der Waals surface area (Å²) in [4.78, 5) is 0. The number of rotatable bonds is 4. The molecule has 0 spiro atoms. The summed E-state index contributed by atoms with van der Waals surface area (Å²) in [6, 6.07) is -0.249. The van der Waals surface area contributed by atoms with Gasteiger partial charge in [0.25, 0.3) is 10.2 Å². The van der Waals surface area contributed by atoms with Crippen LogP contribution in [0.25, 0.3) is 0 Å². The van der Waals surface area contributed by atoms with Crippen molar-refractivity contribution in [2.45, 2.75) is 44.2 Å². The first-order chi connectivity index (χ1) is 9.07. The molecule has 1 unspecified atom stereocenters. The van der Waals surface area contributed by atoms with Crippen molar-refractivity contribution < 1.29 is 18.3 Å². The van der Waals surface area contributed by atoms with E-state index < -0.39 is 10.2 Å². The zero-order chi connectivity index (χ0) is 13.9. The van der Waals surface area contributed by atoms with E-state index in [2.05, 4.69) is 0 Å². The second-order valence-electron chi connectivity index (χ2n) is 5.31. The number of hydrogen-bond donors (Lipinski definition) is 1. The molecule has 6 nitrogen and oxygen atoms in total. The molecule has 7 heteroatoms. The fourth-order valence-electron chi connectivity index (χ4n) is 2.86. The number of aliphatic hydroxyl groups excluding tert-OH is 1. The maximum Gasteiger partial charge on any atom is 0.282 e. The average Bonchev–Trinajstić information content (AvgIpc) is 2.47. The van der Waals surface area contributed by atoms with Crippen LogP contribution in [0.1, 0.15) is 32.1 Å². The third kappa shape index (κ3) is 3.28. The minimum absolute atomic E-state index is 0.0139. The SMILES string of the molecule is CN(C1CCOCC1)S(=O)(=O)N1CCCCC1CO. The molecule has 1 N–H and O–H groups in total. The molecule has 112 valence electrons. The number of ether oxygens (including phenoxy) is 1. The van der Waals surface area contributed by atoms with E-state index in [1.165, 1.54) is 8.61 Å². The van der Waals surface area contributed by atoms with Gasteiger partial charge in [0.05, 0.1) is 6.61 Å². The first-order valence-corrected chi connectivity index (χ1v) is 8.40. The van der Waals surface area contributed by atoms with Gasteiger partial charge < -0.3 is 9.84 Å². The highest BCUT2D eigenvalue weighted by atomic mass is 32.2. The van der Waals surface area contributed by atoms with E-state index in [9.17, 15) is 13.5 Å². The number of nitrogens with zero attached hydrogens (tertiary/aromatic N) is 2. The van der Waals surface area contributed by atoms with Crippen molar-refractivity contribution in [3.8, 4) is 0 Å². The third-order valence-electron chi connectivity index (χ3n) is 4.15. The Morgan fingerprint density at radius 2 is 1.95 bits per heavy atom. The topological polar surface area (TPSA) is 70.1 Å². The summed E-state index contributed by atoms with van der Waals surface area (Å²) in [6.07, 6.45) is 4.09. The molecule has 2 aliphatic heterocycles. The van der Waals surface area contributed by atoms with E-state index in [4.69, 9.17) is 4.74 Å². The lowest BCUT2D eigenvalue weighted by Crippen LogP contribution is -2.53. The van der Waals surface area contributed by atoms with E-state index in [-0.39, 0.29) is 18.7 Å².